The number of aliphatic hydroxyl groups is 3. The molecule has 10 nitrogen and oxygen atoms in total. The number of carbonyl (C=O) groups is 3. The van der Waals surface area contributed by atoms with Crippen molar-refractivity contribution in [2.75, 3.05) is 27.2 Å². The van der Waals surface area contributed by atoms with Gasteiger partial charge in [-0.2, -0.15) is 0 Å². The molecule has 0 bridgehead atoms. The Labute approximate surface area is 212 Å². The fourth-order valence-corrected chi connectivity index (χ4v) is 6.53. The van der Waals surface area contributed by atoms with Crippen LogP contribution in [0.3, 0.4) is 0 Å². The van der Waals surface area contributed by atoms with Crippen LogP contribution < -0.4 is 5.73 Å². The van der Waals surface area contributed by atoms with Gasteiger partial charge >= 0.3 is 0 Å². The van der Waals surface area contributed by atoms with Gasteiger partial charge < -0.3 is 26.2 Å². The highest BCUT2D eigenvalue weighted by Crippen LogP contribution is 2.53. The number of nitrogens with two attached hydrogens (primary N) is 1. The first-order valence-electron chi connectivity index (χ1n) is 11.8. The van der Waals surface area contributed by atoms with E-state index >= 15 is 0 Å². The number of aliphatic hydroxyl groups excluding tert-OH is 2. The Morgan fingerprint density at radius 3 is 2.47 bits per heavy atom. The summed E-state index contributed by atoms with van der Waals surface area (Å²) in [5, 5.41) is 44.9. The highest BCUT2D eigenvalue weighted by molar-refractivity contribution is 6.32. The molecule has 1 saturated heterocycles. The molecule has 11 heteroatoms. The van der Waals surface area contributed by atoms with Crippen LogP contribution in [0.2, 0.25) is 5.02 Å². The van der Waals surface area contributed by atoms with Gasteiger partial charge in [-0.1, -0.05) is 11.6 Å². The Hall–Kier alpha value is -2.92. The minimum Gasteiger partial charge on any atom is -0.508 e. The molecule has 0 spiro atoms. The monoisotopic (exact) mass is 517 g/mol. The smallest absolute Gasteiger partial charge is 0.255 e. The summed E-state index contributed by atoms with van der Waals surface area (Å²) in [7, 11) is 3.12. The fourth-order valence-electron chi connectivity index (χ4n) is 6.24. The Balaban J connectivity index is 1.68. The molecule has 1 aliphatic heterocycles. The minimum absolute atomic E-state index is 0.00338. The van der Waals surface area contributed by atoms with Gasteiger partial charge in [-0.15, -0.1) is 0 Å². The van der Waals surface area contributed by atoms with E-state index in [1.54, 1.807) is 14.1 Å². The first-order valence-corrected chi connectivity index (χ1v) is 12.2. The van der Waals surface area contributed by atoms with Gasteiger partial charge in [-0.25, -0.2) is 0 Å². The van der Waals surface area contributed by atoms with Crippen molar-refractivity contribution in [2.24, 2.45) is 17.6 Å². The van der Waals surface area contributed by atoms with E-state index in [1.165, 1.54) is 11.0 Å². The summed E-state index contributed by atoms with van der Waals surface area (Å²) >= 11 is 6.73. The van der Waals surface area contributed by atoms with E-state index in [0.717, 1.165) is 19.5 Å². The van der Waals surface area contributed by atoms with E-state index in [9.17, 15) is 34.8 Å². The molecular weight excluding hydrogens is 490 g/mol. The summed E-state index contributed by atoms with van der Waals surface area (Å²) in [6, 6.07) is 0.342. The molecule has 5 rings (SSSR count). The van der Waals surface area contributed by atoms with Gasteiger partial charge in [0, 0.05) is 23.1 Å². The highest BCUT2D eigenvalue weighted by Gasteiger charge is 2.64. The SMILES string of the molecule is CN(C)[C@@H]1C(=O)C(C(N)=O)=C(O)[C@@]2(O)C(=O)C3=C(O)c4c(O)cc(CN5CCC5)c(Cl)c4C[C@H]3C[C@@H]12. The number of benzene rings is 1. The predicted octanol–water partition coefficient (Wildman–Crippen LogP) is 0.823. The van der Waals surface area contributed by atoms with Gasteiger partial charge in [0.2, 0.25) is 5.78 Å². The molecule has 36 heavy (non-hydrogen) atoms. The number of aromatic hydroxyl groups is 1. The van der Waals surface area contributed by atoms with Crippen molar-refractivity contribution in [2.45, 2.75) is 37.5 Å². The van der Waals surface area contributed by atoms with Crippen molar-refractivity contribution in [3.8, 4) is 5.75 Å². The first kappa shape index (κ1) is 24.8. The molecule has 0 radical (unpaired) electrons. The number of hydrogen-bond donors (Lipinski definition) is 5. The van der Waals surface area contributed by atoms with Crippen LogP contribution in [-0.2, 0) is 27.3 Å². The van der Waals surface area contributed by atoms with Gasteiger partial charge in [0.15, 0.2) is 11.4 Å². The number of fused-ring (bicyclic) bond motifs is 3. The Bertz CT molecular complexity index is 1280. The average Bonchev–Trinajstić information content (AvgIpc) is 2.75. The van der Waals surface area contributed by atoms with Gasteiger partial charge in [0.25, 0.3) is 5.91 Å². The summed E-state index contributed by atoms with van der Waals surface area (Å²) in [6.07, 6.45) is 1.29. The zero-order valence-electron chi connectivity index (χ0n) is 19.9. The third-order valence-electron chi connectivity index (χ3n) is 8.07. The van der Waals surface area contributed by atoms with Gasteiger partial charge in [0.1, 0.15) is 22.8 Å². The topological polar surface area (TPSA) is 165 Å². The van der Waals surface area contributed by atoms with Crippen molar-refractivity contribution >= 4 is 34.8 Å². The molecule has 6 N–H and O–H groups in total. The zero-order chi connectivity index (χ0) is 26.3. The lowest BCUT2D eigenvalue weighted by atomic mass is 9.57. The van der Waals surface area contributed by atoms with Crippen LogP contribution in [0.1, 0.15) is 29.5 Å². The lowest BCUT2D eigenvalue weighted by Crippen LogP contribution is -2.65. The number of Topliss-reactive ketones (excluding diaryl/α,β-unsaturated/α-hetero) is 2. The summed E-state index contributed by atoms with van der Waals surface area (Å²) in [4.78, 5) is 42.6. The van der Waals surface area contributed by atoms with Crippen LogP contribution in [0.25, 0.3) is 5.76 Å². The Morgan fingerprint density at radius 1 is 1.25 bits per heavy atom. The quantitative estimate of drug-likeness (QED) is 0.363. The largest absolute Gasteiger partial charge is 0.508 e. The van der Waals surface area contributed by atoms with Crippen LogP contribution in [0.4, 0.5) is 0 Å². The summed E-state index contributed by atoms with van der Waals surface area (Å²) in [5.74, 6) is -6.75. The molecular formula is C25H28ClN3O7. The molecule has 1 aromatic rings. The number of hydrogen-bond acceptors (Lipinski definition) is 9. The predicted molar refractivity (Wildman–Crippen MR) is 129 cm³/mol. The standard InChI is InChI=1S/C25H28ClN3O7/c1-28(2)19-13-7-10-6-12-16(14(30)8-11(18(12)26)9-29-4-3-5-29)20(31)15(10)22(33)25(13,36)23(34)17(21(19)32)24(27)35/h8,10,13,19,30-31,34,36H,3-7,9H2,1-2H3,(H2,27,35)/t10-,13-,19-,25-/m0/s1. The number of nitrogens with zero attached hydrogens (tertiary/aromatic N) is 2. The van der Waals surface area contributed by atoms with E-state index in [2.05, 4.69) is 4.90 Å². The third kappa shape index (κ3) is 3.25. The van der Waals surface area contributed by atoms with E-state index in [0.29, 0.717) is 22.7 Å². The zero-order valence-corrected chi connectivity index (χ0v) is 20.7. The Kier molecular flexibility index (Phi) is 5.71. The molecule has 192 valence electrons. The van der Waals surface area contributed by atoms with Crippen LogP contribution in [-0.4, -0.2) is 86.5 Å². The molecule has 0 aromatic heterocycles. The van der Waals surface area contributed by atoms with Crippen molar-refractivity contribution in [1.82, 2.24) is 9.80 Å². The van der Waals surface area contributed by atoms with Gasteiger partial charge in [-0.05, 0) is 69.6 Å². The highest BCUT2D eigenvalue weighted by atomic mass is 35.5. The number of halogens is 1. The fraction of sp³-hybridized carbons (Fsp3) is 0.480. The molecule has 1 amide bonds. The maximum Gasteiger partial charge on any atom is 0.255 e. The normalized spacial score (nSPS) is 30.2. The number of ketones is 2. The molecule has 1 heterocycles. The maximum absolute atomic E-state index is 13.8. The van der Waals surface area contributed by atoms with Crippen LogP contribution >= 0.6 is 11.6 Å². The molecule has 2 fully saturated rings. The second-order valence-corrected chi connectivity index (χ2v) is 10.7. The number of carbonyl (C=O) groups excluding carboxylic acids is 3. The van der Waals surface area contributed by atoms with E-state index < -0.39 is 58.0 Å². The van der Waals surface area contributed by atoms with Crippen LogP contribution in [0.5, 0.6) is 5.75 Å². The molecule has 1 aromatic carbocycles. The van der Waals surface area contributed by atoms with Crippen molar-refractivity contribution in [1.29, 1.82) is 0 Å². The van der Waals surface area contributed by atoms with Crippen LogP contribution in [0, 0.1) is 11.8 Å². The number of likely N-dealkylation sites (tertiary alicyclic amines) is 1. The Morgan fingerprint density at radius 2 is 1.92 bits per heavy atom. The number of primary amides is 1. The number of amides is 1. The van der Waals surface area contributed by atoms with Gasteiger partial charge in [-0.3, -0.25) is 24.2 Å². The molecule has 4 aliphatic rings. The van der Waals surface area contributed by atoms with Crippen molar-refractivity contribution < 1.29 is 34.8 Å². The second kappa shape index (κ2) is 8.31. The average molecular weight is 518 g/mol. The van der Waals surface area contributed by atoms with Crippen LogP contribution in [0.15, 0.2) is 23.0 Å². The number of phenolic OH excluding ortho intramolecular Hbond substituents is 1. The summed E-state index contributed by atoms with van der Waals surface area (Å²) < 4.78 is 0. The molecule has 3 aliphatic carbocycles. The molecule has 1 saturated carbocycles. The van der Waals surface area contributed by atoms with Gasteiger partial charge in [0.05, 0.1) is 11.6 Å². The second-order valence-electron chi connectivity index (χ2n) is 10.3. The molecule has 4 atom stereocenters. The summed E-state index contributed by atoms with van der Waals surface area (Å²) in [6.45, 7) is 2.38. The number of likely N-dealkylation sites (N-methyl/N-ethyl adjacent to an activating group) is 1. The number of rotatable bonds is 4. The third-order valence-corrected chi connectivity index (χ3v) is 8.54. The lowest BCUT2D eigenvalue weighted by molar-refractivity contribution is -0.153. The van der Waals surface area contributed by atoms with Crippen molar-refractivity contribution in [3.63, 3.8) is 0 Å². The minimum atomic E-state index is -2.65. The lowest BCUT2D eigenvalue weighted by Gasteiger charge is -2.50. The van der Waals surface area contributed by atoms with E-state index in [-0.39, 0.29) is 29.7 Å². The summed E-state index contributed by atoms with van der Waals surface area (Å²) in [5.41, 5.74) is 2.84. The molecule has 0 unspecified atom stereocenters. The van der Waals surface area contributed by atoms with Crippen molar-refractivity contribution in [3.05, 3.63) is 44.7 Å². The number of phenols is 1. The maximum atomic E-state index is 13.8. The van der Waals surface area contributed by atoms with E-state index in [4.69, 9.17) is 17.3 Å². The van der Waals surface area contributed by atoms with E-state index in [1.807, 2.05) is 0 Å². The first-order chi connectivity index (χ1) is 16.9.